The zero-order valence-corrected chi connectivity index (χ0v) is 11.8. The van der Waals surface area contributed by atoms with E-state index in [9.17, 15) is 0 Å². The van der Waals surface area contributed by atoms with E-state index < -0.39 is 0 Å². The molecule has 5 N–H and O–H groups in total. The molecule has 0 fully saturated rings. The molecule has 2 rings (SSSR count). The van der Waals surface area contributed by atoms with Crippen molar-refractivity contribution in [3.63, 3.8) is 0 Å². The first-order valence-corrected chi connectivity index (χ1v) is 6.81. The number of benzene rings is 1. The molecule has 0 atom stereocenters. The van der Waals surface area contributed by atoms with Gasteiger partial charge in [0.25, 0.3) is 0 Å². The molecule has 0 amide bonds. The first-order valence-electron chi connectivity index (χ1n) is 5.44. The van der Waals surface area contributed by atoms with Crippen molar-refractivity contribution >= 4 is 34.5 Å². The summed E-state index contributed by atoms with van der Waals surface area (Å²) < 4.78 is 5.08. The molecule has 1 heterocycles. The maximum absolute atomic E-state index is 7.48. The maximum Gasteiger partial charge on any atom is 0.237 e. The van der Waals surface area contributed by atoms with Crippen LogP contribution in [0, 0.1) is 5.41 Å². The van der Waals surface area contributed by atoms with E-state index in [1.807, 2.05) is 12.1 Å². The first kappa shape index (κ1) is 14.4. The van der Waals surface area contributed by atoms with Gasteiger partial charge in [0.05, 0.1) is 10.8 Å². The highest BCUT2D eigenvalue weighted by Crippen LogP contribution is 2.25. The molecule has 7 nitrogen and oxygen atoms in total. The third-order valence-corrected chi connectivity index (χ3v) is 3.23. The standard InChI is InChI=1S/C11H11ClN6OS/c12-7-4-2-1-3-6(7)9-16-8(19-18-9)5-20-11(15)17-10(13)14/h1-4H,5H2,(H5,13,14,15,17). The third-order valence-electron chi connectivity index (χ3n) is 2.15. The highest BCUT2D eigenvalue weighted by molar-refractivity contribution is 8.13. The van der Waals surface area contributed by atoms with E-state index in [0.717, 1.165) is 11.8 Å². The van der Waals surface area contributed by atoms with Crippen molar-refractivity contribution < 1.29 is 4.52 Å². The van der Waals surface area contributed by atoms with Crippen molar-refractivity contribution in [1.82, 2.24) is 10.1 Å². The van der Waals surface area contributed by atoms with Crippen molar-refractivity contribution in [2.75, 3.05) is 0 Å². The summed E-state index contributed by atoms with van der Waals surface area (Å²) in [6.07, 6.45) is 0. The Morgan fingerprint density at radius 2 is 2.15 bits per heavy atom. The summed E-state index contributed by atoms with van der Waals surface area (Å²) in [6.45, 7) is 0. The van der Waals surface area contributed by atoms with Crippen LogP contribution in [0.4, 0.5) is 0 Å². The van der Waals surface area contributed by atoms with Gasteiger partial charge in [-0.3, -0.25) is 5.41 Å². The summed E-state index contributed by atoms with van der Waals surface area (Å²) in [7, 11) is 0. The Morgan fingerprint density at radius 1 is 1.40 bits per heavy atom. The van der Waals surface area contributed by atoms with E-state index in [2.05, 4.69) is 15.1 Å². The number of hydrogen-bond donors (Lipinski definition) is 3. The Labute approximate surface area is 123 Å². The minimum absolute atomic E-state index is 0.0255. The quantitative estimate of drug-likeness (QED) is 0.586. The van der Waals surface area contributed by atoms with Crippen molar-refractivity contribution in [3.8, 4) is 11.4 Å². The third kappa shape index (κ3) is 3.72. The zero-order chi connectivity index (χ0) is 14.5. The monoisotopic (exact) mass is 310 g/mol. The Morgan fingerprint density at radius 3 is 2.85 bits per heavy atom. The smallest absolute Gasteiger partial charge is 0.237 e. The molecule has 0 aliphatic rings. The van der Waals surface area contributed by atoms with E-state index in [0.29, 0.717) is 28.1 Å². The maximum atomic E-state index is 7.48. The molecule has 104 valence electrons. The molecule has 2 aromatic rings. The van der Waals surface area contributed by atoms with Crippen molar-refractivity contribution in [2.45, 2.75) is 5.75 Å². The number of aromatic nitrogens is 2. The number of hydrogen-bond acceptors (Lipinski definition) is 5. The van der Waals surface area contributed by atoms with E-state index in [1.54, 1.807) is 12.1 Å². The lowest BCUT2D eigenvalue weighted by Gasteiger charge is -1.96. The highest BCUT2D eigenvalue weighted by atomic mass is 35.5. The second-order valence-electron chi connectivity index (χ2n) is 3.62. The Bertz CT molecular complexity index is 652. The lowest BCUT2D eigenvalue weighted by molar-refractivity contribution is 0.392. The molecule has 0 spiro atoms. The van der Waals surface area contributed by atoms with Crippen LogP contribution in [-0.4, -0.2) is 21.3 Å². The van der Waals surface area contributed by atoms with Crippen LogP contribution in [0.2, 0.25) is 5.02 Å². The topological polar surface area (TPSA) is 127 Å². The molecule has 0 saturated heterocycles. The van der Waals surface area contributed by atoms with E-state index in [1.165, 1.54) is 0 Å². The second kappa shape index (κ2) is 6.40. The number of rotatable bonds is 3. The minimum Gasteiger partial charge on any atom is -0.370 e. The van der Waals surface area contributed by atoms with Crippen LogP contribution in [0.3, 0.4) is 0 Å². The fourth-order valence-corrected chi connectivity index (χ4v) is 2.11. The average Bonchev–Trinajstić information content (AvgIpc) is 2.85. The number of nitrogens with one attached hydrogen (secondary N) is 1. The lowest BCUT2D eigenvalue weighted by atomic mass is 10.2. The number of guanidine groups is 1. The first-order chi connectivity index (χ1) is 9.56. The zero-order valence-electron chi connectivity index (χ0n) is 10.2. The molecule has 0 saturated carbocycles. The van der Waals surface area contributed by atoms with Crippen LogP contribution >= 0.6 is 23.4 Å². The Balaban J connectivity index is 2.05. The van der Waals surface area contributed by atoms with Crippen LogP contribution in [0.15, 0.2) is 33.8 Å². The number of nitrogens with zero attached hydrogens (tertiary/aromatic N) is 3. The van der Waals surface area contributed by atoms with E-state index in [4.69, 9.17) is 33.0 Å². The molecule has 0 aliphatic heterocycles. The lowest BCUT2D eigenvalue weighted by Crippen LogP contribution is -2.23. The molecule has 0 bridgehead atoms. The van der Waals surface area contributed by atoms with E-state index in [-0.39, 0.29) is 11.1 Å². The molecule has 9 heteroatoms. The SMILES string of the molecule is N=C(N=C(N)N)SCc1nc(-c2ccccc2Cl)no1. The Hall–Kier alpha value is -2.06. The van der Waals surface area contributed by atoms with Crippen molar-refractivity contribution in [3.05, 3.63) is 35.2 Å². The van der Waals surface area contributed by atoms with Gasteiger partial charge in [0, 0.05) is 5.56 Å². The van der Waals surface area contributed by atoms with Crippen LogP contribution < -0.4 is 11.5 Å². The van der Waals surface area contributed by atoms with Crippen LogP contribution in [0.1, 0.15) is 5.89 Å². The van der Waals surface area contributed by atoms with Crippen LogP contribution in [0.5, 0.6) is 0 Å². The molecule has 0 aliphatic carbocycles. The van der Waals surface area contributed by atoms with Gasteiger partial charge in [0.1, 0.15) is 0 Å². The van der Waals surface area contributed by atoms with Gasteiger partial charge in [-0.1, -0.05) is 40.7 Å². The van der Waals surface area contributed by atoms with Crippen LogP contribution in [-0.2, 0) is 5.75 Å². The minimum atomic E-state index is -0.162. The van der Waals surface area contributed by atoms with Gasteiger partial charge in [-0.15, -0.1) is 0 Å². The summed E-state index contributed by atoms with van der Waals surface area (Å²) in [5, 5.41) is 11.8. The summed E-state index contributed by atoms with van der Waals surface area (Å²) in [4.78, 5) is 7.78. The molecule has 0 radical (unpaired) electrons. The molecule has 1 aromatic carbocycles. The fraction of sp³-hybridized carbons (Fsp3) is 0.0909. The molecule has 20 heavy (non-hydrogen) atoms. The molecular formula is C11H11ClN6OS. The van der Waals surface area contributed by atoms with E-state index >= 15 is 0 Å². The largest absolute Gasteiger partial charge is 0.370 e. The summed E-state index contributed by atoms with van der Waals surface area (Å²) in [5.74, 6) is 0.900. The molecule has 1 aromatic heterocycles. The average molecular weight is 311 g/mol. The number of nitrogens with two attached hydrogens (primary N) is 2. The molecule has 0 unspecified atom stereocenters. The summed E-state index contributed by atoms with van der Waals surface area (Å²) in [6, 6.07) is 7.20. The highest BCUT2D eigenvalue weighted by Gasteiger charge is 2.12. The molecular weight excluding hydrogens is 300 g/mol. The van der Waals surface area contributed by atoms with Gasteiger partial charge >= 0.3 is 0 Å². The van der Waals surface area contributed by atoms with Gasteiger partial charge in [-0.25, -0.2) is 0 Å². The Kier molecular flexibility index (Phi) is 4.59. The number of halogens is 1. The van der Waals surface area contributed by atoms with Crippen molar-refractivity contribution in [2.24, 2.45) is 16.5 Å². The van der Waals surface area contributed by atoms with Gasteiger partial charge < -0.3 is 16.0 Å². The van der Waals surface area contributed by atoms with Gasteiger partial charge in [0.2, 0.25) is 11.7 Å². The fourth-order valence-electron chi connectivity index (χ4n) is 1.35. The number of aliphatic imine (C=N–C) groups is 1. The number of amidine groups is 1. The predicted octanol–water partition coefficient (Wildman–Crippen LogP) is 1.83. The van der Waals surface area contributed by atoms with Gasteiger partial charge in [-0.2, -0.15) is 9.98 Å². The predicted molar refractivity (Wildman–Crippen MR) is 79.6 cm³/mol. The van der Waals surface area contributed by atoms with Gasteiger partial charge in [-0.05, 0) is 12.1 Å². The second-order valence-corrected chi connectivity index (χ2v) is 4.99. The van der Waals surface area contributed by atoms with Crippen LogP contribution in [0.25, 0.3) is 11.4 Å². The summed E-state index contributed by atoms with van der Waals surface area (Å²) in [5.41, 5.74) is 11.0. The van der Waals surface area contributed by atoms with Crippen molar-refractivity contribution in [1.29, 1.82) is 5.41 Å². The summed E-state index contributed by atoms with van der Waals surface area (Å²) >= 11 is 7.12. The normalized spacial score (nSPS) is 10.2. The van der Waals surface area contributed by atoms with Gasteiger partial charge in [0.15, 0.2) is 11.1 Å². The number of thioether (sulfide) groups is 1.